The Morgan fingerprint density at radius 3 is 0.750 bits per heavy atom. The van der Waals surface area contributed by atoms with E-state index in [2.05, 4.69) is 13.8 Å². The summed E-state index contributed by atoms with van der Waals surface area (Å²) in [5, 5.41) is 0. The Balaban J connectivity index is -0.0000000147. The van der Waals surface area contributed by atoms with E-state index in [0.717, 1.165) is 0 Å². The van der Waals surface area contributed by atoms with E-state index < -0.39 is 0 Å². The molecule has 0 spiro atoms. The summed E-state index contributed by atoms with van der Waals surface area (Å²) in [6, 6.07) is 0. The van der Waals surface area contributed by atoms with Crippen LogP contribution in [0.3, 0.4) is 0 Å². The Bertz CT molecular complexity index is 4.35. The first kappa shape index (κ1) is 22.8. The molecule has 0 fully saturated rings. The molecule has 0 aliphatic rings. The van der Waals surface area contributed by atoms with Gasteiger partial charge in [0, 0.05) is 37.7 Å². The van der Waals surface area contributed by atoms with E-state index in [-0.39, 0.29) is 37.7 Å². The maximum absolute atomic E-state index is 2.12. The Labute approximate surface area is 85.1 Å². The van der Waals surface area contributed by atoms with Gasteiger partial charge in [-0.1, -0.05) is 48.0 Å². The zero-order valence-corrected chi connectivity index (χ0v) is 7.77. The van der Waals surface area contributed by atoms with Gasteiger partial charge in [0.05, 0.1) is 0 Å². The van der Waals surface area contributed by atoms with Gasteiger partial charge in [-0.25, -0.2) is 0 Å². The van der Waals surface area contributed by atoms with Crippen molar-refractivity contribution in [2.75, 3.05) is 0 Å². The van der Waals surface area contributed by atoms with Crippen LogP contribution in [0.2, 0.25) is 0 Å². The van der Waals surface area contributed by atoms with Gasteiger partial charge in [-0.15, -0.1) is 0 Å². The molecule has 0 aliphatic heterocycles. The Morgan fingerprint density at radius 2 is 0.750 bits per heavy atom. The van der Waals surface area contributed by atoms with Crippen LogP contribution in [0.1, 0.15) is 48.0 Å². The third-order valence-electron chi connectivity index (χ3n) is 0. The van der Waals surface area contributed by atoms with Crippen molar-refractivity contribution >= 4 is 0 Å². The molecule has 0 bridgehead atoms. The minimum Gasteiger partial charge on any atom is -0.0683 e. The van der Waals surface area contributed by atoms with Gasteiger partial charge < -0.3 is 0 Å². The smallest absolute Gasteiger partial charge is 0 e. The Hall–Kier alpha value is 1.26. The third kappa shape index (κ3) is 179. The first-order valence-corrected chi connectivity index (χ1v) is 3.41. The largest absolute Gasteiger partial charge is 0.0683 e. The van der Waals surface area contributed by atoms with E-state index >= 15 is 0 Å². The van der Waals surface area contributed by atoms with Gasteiger partial charge in [0.1, 0.15) is 0 Å². The number of rotatable bonds is 0. The normalized spacial score (nSPS) is 3.75. The molecular weight excluding hydrogens is 124 g/mol. The summed E-state index contributed by atoms with van der Waals surface area (Å²) in [5.74, 6) is 0. The van der Waals surface area contributed by atoms with Crippen LogP contribution in [0.15, 0.2) is 0 Å². The van der Waals surface area contributed by atoms with Crippen molar-refractivity contribution in [3.8, 4) is 0 Å². The van der Waals surface area contributed by atoms with Crippen LogP contribution in [0.4, 0.5) is 0 Å². The second-order valence-electron chi connectivity index (χ2n) is 0.707. The SMILES string of the molecule is CC.CC.CCC.[Ar]. The maximum atomic E-state index is 2.12. The molecule has 0 aromatic carbocycles. The Morgan fingerprint density at radius 1 is 0.750 bits per heavy atom. The monoisotopic (exact) mass is 144 g/mol. The van der Waals surface area contributed by atoms with Crippen molar-refractivity contribution in [1.82, 2.24) is 0 Å². The van der Waals surface area contributed by atoms with Crippen molar-refractivity contribution in [3.63, 3.8) is 0 Å². The van der Waals surface area contributed by atoms with Gasteiger partial charge in [0.25, 0.3) is 0 Å². The van der Waals surface area contributed by atoms with Crippen LogP contribution >= 0.6 is 0 Å². The molecule has 0 aliphatic carbocycles. The van der Waals surface area contributed by atoms with Crippen molar-refractivity contribution in [2.45, 2.75) is 48.0 Å². The first-order chi connectivity index (χ1) is 3.41. The average Bonchev–Trinajstić information content (AvgIpc) is 1.78. The van der Waals surface area contributed by atoms with E-state index in [4.69, 9.17) is 0 Å². The minimum absolute atomic E-state index is 0. The molecule has 0 aromatic heterocycles. The number of hydrogen-bond acceptors (Lipinski definition) is 0. The van der Waals surface area contributed by atoms with Crippen LogP contribution in [0, 0.1) is 37.7 Å². The van der Waals surface area contributed by atoms with Gasteiger partial charge >= 0.3 is 0 Å². The molecular formula is C7H20Ar. The summed E-state index contributed by atoms with van der Waals surface area (Å²) < 4.78 is 0. The van der Waals surface area contributed by atoms with E-state index in [9.17, 15) is 0 Å². The predicted octanol–water partition coefficient (Wildman–Crippen LogP) is 3.47. The fourth-order valence-electron chi connectivity index (χ4n) is 0. The molecule has 0 N–H and O–H groups in total. The summed E-state index contributed by atoms with van der Waals surface area (Å²) in [6.07, 6.45) is 1.25. The molecule has 0 nitrogen and oxygen atoms in total. The molecule has 8 heavy (non-hydrogen) atoms. The molecule has 0 saturated carbocycles. The second kappa shape index (κ2) is 85.2. The summed E-state index contributed by atoms with van der Waals surface area (Å²) in [5.41, 5.74) is 0. The van der Waals surface area contributed by atoms with Crippen LogP contribution in [-0.4, -0.2) is 0 Å². The van der Waals surface area contributed by atoms with Crippen LogP contribution in [0.25, 0.3) is 0 Å². The molecule has 0 radical (unpaired) electrons. The van der Waals surface area contributed by atoms with Gasteiger partial charge in [-0.3, -0.25) is 0 Å². The summed E-state index contributed by atoms with van der Waals surface area (Å²) in [4.78, 5) is 0. The topological polar surface area (TPSA) is 0 Å². The van der Waals surface area contributed by atoms with E-state index in [1.54, 1.807) is 0 Å². The molecule has 0 rings (SSSR count). The van der Waals surface area contributed by atoms with Crippen molar-refractivity contribution in [2.24, 2.45) is 0 Å². The molecule has 1 heteroatoms. The summed E-state index contributed by atoms with van der Waals surface area (Å²) >= 11 is 0. The van der Waals surface area contributed by atoms with Gasteiger partial charge in [-0.2, -0.15) is 0 Å². The molecule has 0 amide bonds. The minimum atomic E-state index is 0. The maximum Gasteiger partial charge on any atom is 0 e. The standard InChI is InChI=1S/C3H8.2C2H6.Ar/c1-3-2;2*1-2;/h3H2,1-2H3;2*1-2H3;. The van der Waals surface area contributed by atoms with Crippen molar-refractivity contribution in [3.05, 3.63) is 0 Å². The number of hydrogen-bond donors (Lipinski definition) is 0. The summed E-state index contributed by atoms with van der Waals surface area (Å²) in [7, 11) is 0. The zero-order chi connectivity index (χ0) is 6.71. The van der Waals surface area contributed by atoms with Crippen LogP contribution in [0.5, 0.6) is 0 Å². The fraction of sp³-hybridized carbons (Fsp3) is 1.00. The zero-order valence-electron chi connectivity index (χ0n) is 7.06. The fourth-order valence-corrected chi connectivity index (χ4v) is 0. The molecule has 0 atom stereocenters. The molecule has 0 saturated heterocycles. The third-order valence-corrected chi connectivity index (χ3v) is 0. The molecule has 0 unspecified atom stereocenters. The van der Waals surface area contributed by atoms with Crippen LogP contribution in [-0.2, 0) is 0 Å². The van der Waals surface area contributed by atoms with E-state index in [1.165, 1.54) is 6.42 Å². The van der Waals surface area contributed by atoms with Crippen molar-refractivity contribution in [1.29, 1.82) is 0 Å². The second-order valence-corrected chi connectivity index (χ2v) is 0.707. The van der Waals surface area contributed by atoms with E-state index in [0.29, 0.717) is 0 Å². The van der Waals surface area contributed by atoms with Crippen LogP contribution < -0.4 is 0 Å². The average molecular weight is 144 g/mol. The van der Waals surface area contributed by atoms with Gasteiger partial charge in [0.15, 0.2) is 0 Å². The molecule has 0 heterocycles. The molecule has 0 aromatic rings. The predicted molar refractivity (Wildman–Crippen MR) is 38.7 cm³/mol. The first-order valence-electron chi connectivity index (χ1n) is 3.41. The summed E-state index contributed by atoms with van der Waals surface area (Å²) in [6.45, 7) is 12.2. The van der Waals surface area contributed by atoms with E-state index in [1.807, 2.05) is 27.7 Å². The quantitative estimate of drug-likeness (QED) is 0.488. The van der Waals surface area contributed by atoms with Gasteiger partial charge in [0.2, 0.25) is 0 Å². The molecule has 56 valence electrons. The Kier molecular flexibility index (Phi) is 243. The van der Waals surface area contributed by atoms with Crippen molar-refractivity contribution < 1.29 is 37.7 Å². The van der Waals surface area contributed by atoms with Gasteiger partial charge in [-0.05, 0) is 0 Å².